The summed E-state index contributed by atoms with van der Waals surface area (Å²) < 4.78 is 2.20. The van der Waals surface area contributed by atoms with E-state index >= 15 is 0 Å². The Labute approximate surface area is 135 Å². The number of benzene rings is 1. The third kappa shape index (κ3) is 5.28. The Bertz CT molecular complexity index is 672. The number of aliphatic carboxylic acids is 1. The quantitative estimate of drug-likeness (QED) is 0.771. The number of hydrogen-bond donors (Lipinski definition) is 2. The average molecular weight is 367 g/mol. The lowest BCUT2D eigenvalue weighted by atomic mass is 10.1. The van der Waals surface area contributed by atoms with Crippen molar-refractivity contribution in [1.82, 2.24) is 20.3 Å². The van der Waals surface area contributed by atoms with Gasteiger partial charge in [-0.25, -0.2) is 4.68 Å². The predicted octanol–water partition coefficient (Wildman–Crippen LogP) is 1.37. The Morgan fingerprint density at radius 2 is 2.18 bits per heavy atom. The van der Waals surface area contributed by atoms with Crippen LogP contribution in [-0.4, -0.2) is 32.0 Å². The first-order valence-corrected chi connectivity index (χ1v) is 7.44. The average Bonchev–Trinajstić information content (AvgIpc) is 2.90. The van der Waals surface area contributed by atoms with Crippen LogP contribution in [0.15, 0.2) is 34.9 Å². The van der Waals surface area contributed by atoms with Crippen molar-refractivity contribution < 1.29 is 14.7 Å². The number of carbonyl (C=O) groups is 2. The Kier molecular flexibility index (Phi) is 5.65. The van der Waals surface area contributed by atoms with Crippen LogP contribution in [0.25, 0.3) is 0 Å². The number of amides is 1. The molecule has 8 heteroatoms. The van der Waals surface area contributed by atoms with Crippen LogP contribution in [0, 0.1) is 0 Å². The van der Waals surface area contributed by atoms with E-state index in [0.717, 1.165) is 10.0 Å². The number of aromatic nitrogens is 3. The summed E-state index contributed by atoms with van der Waals surface area (Å²) >= 11 is 3.39. The second kappa shape index (κ2) is 7.69. The van der Waals surface area contributed by atoms with Crippen molar-refractivity contribution in [1.29, 1.82) is 0 Å². The summed E-state index contributed by atoms with van der Waals surface area (Å²) in [4.78, 5) is 22.3. The number of nitrogens with zero attached hydrogens (tertiary/aromatic N) is 3. The van der Waals surface area contributed by atoms with Crippen molar-refractivity contribution >= 4 is 27.8 Å². The number of carboxylic acids is 1. The van der Waals surface area contributed by atoms with Crippen LogP contribution < -0.4 is 5.32 Å². The van der Waals surface area contributed by atoms with Crippen LogP contribution in [-0.2, 0) is 29.1 Å². The minimum atomic E-state index is -0.991. The van der Waals surface area contributed by atoms with Crippen molar-refractivity contribution in [2.24, 2.45) is 0 Å². The van der Waals surface area contributed by atoms with Crippen LogP contribution in [0.2, 0.25) is 0 Å². The largest absolute Gasteiger partial charge is 0.480 e. The van der Waals surface area contributed by atoms with Crippen molar-refractivity contribution in [3.63, 3.8) is 0 Å². The molecule has 0 bridgehead atoms. The van der Waals surface area contributed by atoms with E-state index in [1.54, 1.807) is 0 Å². The first-order chi connectivity index (χ1) is 10.5. The molecule has 0 spiro atoms. The van der Waals surface area contributed by atoms with Gasteiger partial charge in [0.2, 0.25) is 5.91 Å². The number of rotatable bonds is 7. The lowest BCUT2D eigenvalue weighted by Gasteiger charge is -2.04. The molecule has 22 heavy (non-hydrogen) atoms. The third-order valence-corrected chi connectivity index (χ3v) is 3.37. The molecule has 0 aliphatic rings. The van der Waals surface area contributed by atoms with Crippen LogP contribution in [0.1, 0.15) is 17.7 Å². The van der Waals surface area contributed by atoms with E-state index in [0.29, 0.717) is 18.5 Å². The molecule has 116 valence electrons. The molecule has 1 aromatic heterocycles. The molecule has 1 amide bonds. The Morgan fingerprint density at radius 1 is 1.36 bits per heavy atom. The summed E-state index contributed by atoms with van der Waals surface area (Å²) in [5.41, 5.74) is 1.61. The zero-order chi connectivity index (χ0) is 15.9. The fourth-order valence-electron chi connectivity index (χ4n) is 1.86. The van der Waals surface area contributed by atoms with E-state index < -0.39 is 5.97 Å². The lowest BCUT2D eigenvalue weighted by molar-refractivity contribution is -0.138. The summed E-state index contributed by atoms with van der Waals surface area (Å²) in [6.45, 7) is -0.0131. The lowest BCUT2D eigenvalue weighted by Crippen LogP contribution is -2.23. The van der Waals surface area contributed by atoms with Gasteiger partial charge in [0.15, 0.2) is 0 Å². The van der Waals surface area contributed by atoms with Crippen LogP contribution in [0.3, 0.4) is 0 Å². The topological polar surface area (TPSA) is 97.1 Å². The maximum Gasteiger partial charge on any atom is 0.325 e. The Balaban J connectivity index is 1.75. The van der Waals surface area contributed by atoms with Gasteiger partial charge in [-0.1, -0.05) is 33.3 Å². The van der Waals surface area contributed by atoms with Gasteiger partial charge in [0.1, 0.15) is 12.2 Å². The molecule has 2 rings (SSSR count). The predicted molar refractivity (Wildman–Crippen MR) is 82.0 cm³/mol. The summed E-state index contributed by atoms with van der Waals surface area (Å²) in [7, 11) is 0. The fourth-order valence-corrected chi connectivity index (χ4v) is 2.31. The van der Waals surface area contributed by atoms with Gasteiger partial charge in [0, 0.05) is 10.9 Å². The van der Waals surface area contributed by atoms with Gasteiger partial charge >= 0.3 is 5.97 Å². The molecule has 0 atom stereocenters. The fraction of sp³-hybridized carbons (Fsp3) is 0.286. The molecule has 0 fully saturated rings. The minimum Gasteiger partial charge on any atom is -0.480 e. The molecular formula is C14H15BrN4O3. The SMILES string of the molecule is O=C(O)Cn1cc(CNC(=O)CCc2cccc(Br)c2)nn1. The van der Waals surface area contributed by atoms with E-state index in [2.05, 4.69) is 31.6 Å². The summed E-state index contributed by atoms with van der Waals surface area (Å²) in [6.07, 6.45) is 2.53. The van der Waals surface area contributed by atoms with Gasteiger partial charge < -0.3 is 10.4 Å². The van der Waals surface area contributed by atoms with Gasteiger partial charge in [-0.05, 0) is 24.1 Å². The normalized spacial score (nSPS) is 10.4. The van der Waals surface area contributed by atoms with Gasteiger partial charge in [-0.3, -0.25) is 9.59 Å². The Morgan fingerprint density at radius 3 is 2.91 bits per heavy atom. The van der Waals surface area contributed by atoms with Gasteiger partial charge in [0.05, 0.1) is 12.7 Å². The smallest absolute Gasteiger partial charge is 0.325 e. The molecule has 0 saturated heterocycles. The molecule has 1 heterocycles. The highest BCUT2D eigenvalue weighted by Gasteiger charge is 2.07. The maximum absolute atomic E-state index is 11.8. The molecule has 1 aromatic carbocycles. The standard InChI is InChI=1S/C14H15BrN4O3/c15-11-3-1-2-10(6-11)4-5-13(20)16-7-12-8-19(18-17-12)9-14(21)22/h1-3,6,8H,4-5,7,9H2,(H,16,20)(H,21,22). The second-order valence-corrected chi connectivity index (χ2v) is 5.62. The molecule has 0 aliphatic carbocycles. The monoisotopic (exact) mass is 366 g/mol. The number of carboxylic acid groups (broad SMARTS) is 1. The van der Waals surface area contributed by atoms with E-state index in [-0.39, 0.29) is 19.0 Å². The van der Waals surface area contributed by atoms with Crippen LogP contribution in [0.5, 0.6) is 0 Å². The van der Waals surface area contributed by atoms with Crippen molar-refractivity contribution in [3.8, 4) is 0 Å². The van der Waals surface area contributed by atoms with Crippen molar-refractivity contribution in [2.75, 3.05) is 0 Å². The maximum atomic E-state index is 11.8. The third-order valence-electron chi connectivity index (χ3n) is 2.88. The molecule has 0 aliphatic heterocycles. The van der Waals surface area contributed by atoms with E-state index in [9.17, 15) is 9.59 Å². The highest BCUT2D eigenvalue weighted by Crippen LogP contribution is 2.12. The van der Waals surface area contributed by atoms with Crippen LogP contribution in [0.4, 0.5) is 0 Å². The van der Waals surface area contributed by atoms with E-state index in [4.69, 9.17) is 5.11 Å². The van der Waals surface area contributed by atoms with Crippen molar-refractivity contribution in [3.05, 3.63) is 46.2 Å². The number of carbonyl (C=O) groups excluding carboxylic acids is 1. The first-order valence-electron chi connectivity index (χ1n) is 6.65. The number of nitrogens with one attached hydrogen (secondary N) is 1. The highest BCUT2D eigenvalue weighted by molar-refractivity contribution is 9.10. The summed E-state index contributed by atoms with van der Waals surface area (Å²) in [5, 5.41) is 18.8. The zero-order valence-electron chi connectivity index (χ0n) is 11.7. The summed E-state index contributed by atoms with van der Waals surface area (Å²) in [6, 6.07) is 7.81. The second-order valence-electron chi connectivity index (χ2n) is 4.71. The molecular weight excluding hydrogens is 352 g/mol. The van der Waals surface area contributed by atoms with E-state index in [1.807, 2.05) is 24.3 Å². The molecule has 0 unspecified atom stereocenters. The number of halogens is 1. The first kappa shape index (κ1) is 16.2. The van der Waals surface area contributed by atoms with E-state index in [1.165, 1.54) is 10.9 Å². The zero-order valence-corrected chi connectivity index (χ0v) is 13.3. The highest BCUT2D eigenvalue weighted by atomic mass is 79.9. The minimum absolute atomic E-state index is 0.0900. The Hall–Kier alpha value is -2.22. The number of aryl methyl sites for hydroxylation is 1. The molecule has 0 radical (unpaired) electrons. The molecule has 0 saturated carbocycles. The molecule has 7 nitrogen and oxygen atoms in total. The summed E-state index contributed by atoms with van der Waals surface area (Å²) in [5.74, 6) is -1.08. The number of hydrogen-bond acceptors (Lipinski definition) is 4. The van der Waals surface area contributed by atoms with Gasteiger partial charge in [-0.2, -0.15) is 0 Å². The molecule has 2 aromatic rings. The molecule has 2 N–H and O–H groups in total. The van der Waals surface area contributed by atoms with Crippen molar-refractivity contribution in [2.45, 2.75) is 25.9 Å². The van der Waals surface area contributed by atoms with Gasteiger partial charge in [0.25, 0.3) is 0 Å². The van der Waals surface area contributed by atoms with Crippen LogP contribution >= 0.6 is 15.9 Å². The van der Waals surface area contributed by atoms with Gasteiger partial charge in [-0.15, -0.1) is 5.10 Å².